The molecule has 0 aromatic heterocycles. The van der Waals surface area contributed by atoms with Crippen LogP contribution in [0.5, 0.6) is 0 Å². The topological polar surface area (TPSA) is 27.0 Å². The maximum atomic E-state index is 9.30. The molecule has 1 heterocycles. The van der Waals surface area contributed by atoms with Crippen LogP contribution in [0.25, 0.3) is 0 Å². The molecule has 0 amide bonds. The van der Waals surface area contributed by atoms with E-state index < -0.39 is 0 Å². The van der Waals surface area contributed by atoms with Gasteiger partial charge in [0.1, 0.15) is 0 Å². The SMILES string of the molecule is CC1CCC(C#N)C(N2CCCC2(C)C)C1. The second-order valence-electron chi connectivity index (χ2n) is 6.33. The van der Waals surface area contributed by atoms with E-state index in [4.69, 9.17) is 0 Å². The zero-order chi connectivity index (χ0) is 11.8. The van der Waals surface area contributed by atoms with Crippen molar-refractivity contribution >= 4 is 0 Å². The van der Waals surface area contributed by atoms with E-state index in [1.54, 1.807) is 0 Å². The van der Waals surface area contributed by atoms with Gasteiger partial charge in [-0.25, -0.2) is 0 Å². The van der Waals surface area contributed by atoms with Crippen LogP contribution in [0.3, 0.4) is 0 Å². The Balaban J connectivity index is 2.14. The molecule has 2 heteroatoms. The van der Waals surface area contributed by atoms with Gasteiger partial charge in [-0.15, -0.1) is 0 Å². The monoisotopic (exact) mass is 220 g/mol. The van der Waals surface area contributed by atoms with Gasteiger partial charge >= 0.3 is 0 Å². The quantitative estimate of drug-likeness (QED) is 0.678. The first-order chi connectivity index (χ1) is 7.54. The maximum Gasteiger partial charge on any atom is 0.0672 e. The first-order valence-corrected chi connectivity index (χ1v) is 6.71. The Bertz CT molecular complexity index is 290. The molecule has 0 N–H and O–H groups in total. The normalized spacial score (nSPS) is 39.5. The van der Waals surface area contributed by atoms with E-state index in [2.05, 4.69) is 31.7 Å². The fourth-order valence-electron chi connectivity index (χ4n) is 3.59. The molecule has 3 unspecified atom stereocenters. The molecule has 1 saturated carbocycles. The molecule has 0 aromatic carbocycles. The lowest BCUT2D eigenvalue weighted by molar-refractivity contribution is 0.0540. The van der Waals surface area contributed by atoms with Gasteiger partial charge in [0.15, 0.2) is 0 Å². The van der Waals surface area contributed by atoms with Crippen molar-refractivity contribution < 1.29 is 0 Å². The summed E-state index contributed by atoms with van der Waals surface area (Å²) in [6.07, 6.45) is 6.16. The fourth-order valence-corrected chi connectivity index (χ4v) is 3.59. The van der Waals surface area contributed by atoms with Crippen molar-refractivity contribution in [3.63, 3.8) is 0 Å². The van der Waals surface area contributed by atoms with Gasteiger partial charge in [-0.1, -0.05) is 6.92 Å². The van der Waals surface area contributed by atoms with Gasteiger partial charge < -0.3 is 0 Å². The van der Waals surface area contributed by atoms with Gasteiger partial charge in [-0.2, -0.15) is 5.26 Å². The fraction of sp³-hybridized carbons (Fsp3) is 0.929. The molecule has 0 radical (unpaired) electrons. The number of likely N-dealkylation sites (tertiary alicyclic amines) is 1. The zero-order valence-corrected chi connectivity index (χ0v) is 10.9. The number of hydrogen-bond donors (Lipinski definition) is 0. The number of nitriles is 1. The number of hydrogen-bond acceptors (Lipinski definition) is 2. The summed E-state index contributed by atoms with van der Waals surface area (Å²) in [5.74, 6) is 1.07. The Morgan fingerprint density at radius 3 is 2.62 bits per heavy atom. The second kappa shape index (κ2) is 4.37. The summed E-state index contributed by atoms with van der Waals surface area (Å²) < 4.78 is 0. The van der Waals surface area contributed by atoms with Crippen LogP contribution in [-0.2, 0) is 0 Å². The van der Waals surface area contributed by atoms with Crippen LogP contribution in [0.2, 0.25) is 0 Å². The minimum atomic E-state index is 0.272. The Morgan fingerprint density at radius 1 is 1.31 bits per heavy atom. The molecule has 0 bridgehead atoms. The van der Waals surface area contributed by atoms with E-state index in [-0.39, 0.29) is 5.92 Å². The van der Waals surface area contributed by atoms with Crippen LogP contribution in [-0.4, -0.2) is 23.0 Å². The van der Waals surface area contributed by atoms with Crippen molar-refractivity contribution in [3.8, 4) is 6.07 Å². The highest BCUT2D eigenvalue weighted by Crippen LogP contribution is 2.39. The van der Waals surface area contributed by atoms with Crippen LogP contribution >= 0.6 is 0 Å². The minimum absolute atomic E-state index is 0.272. The summed E-state index contributed by atoms with van der Waals surface area (Å²) >= 11 is 0. The molecule has 1 saturated heterocycles. The second-order valence-corrected chi connectivity index (χ2v) is 6.33. The smallest absolute Gasteiger partial charge is 0.0672 e. The lowest BCUT2D eigenvalue weighted by atomic mass is 9.78. The molecule has 0 spiro atoms. The molecular formula is C14H24N2. The average molecular weight is 220 g/mol. The van der Waals surface area contributed by atoms with Crippen LogP contribution in [0.15, 0.2) is 0 Å². The molecule has 16 heavy (non-hydrogen) atoms. The molecule has 2 rings (SSSR count). The van der Waals surface area contributed by atoms with Gasteiger partial charge in [0.25, 0.3) is 0 Å². The van der Waals surface area contributed by atoms with E-state index in [1.807, 2.05) is 0 Å². The van der Waals surface area contributed by atoms with Crippen LogP contribution in [0.1, 0.15) is 52.9 Å². The third-order valence-electron chi connectivity index (χ3n) is 4.61. The van der Waals surface area contributed by atoms with E-state index in [1.165, 1.54) is 32.2 Å². The van der Waals surface area contributed by atoms with E-state index in [0.717, 1.165) is 12.3 Å². The molecule has 1 aliphatic heterocycles. The molecule has 2 nitrogen and oxygen atoms in total. The van der Waals surface area contributed by atoms with E-state index in [9.17, 15) is 5.26 Å². The van der Waals surface area contributed by atoms with Crippen molar-refractivity contribution in [3.05, 3.63) is 0 Å². The van der Waals surface area contributed by atoms with Crippen LogP contribution < -0.4 is 0 Å². The summed E-state index contributed by atoms with van der Waals surface area (Å²) in [4.78, 5) is 2.62. The third kappa shape index (κ3) is 2.11. The molecule has 2 aliphatic rings. The predicted octanol–water partition coefficient (Wildman–Crippen LogP) is 3.19. The predicted molar refractivity (Wildman–Crippen MR) is 65.9 cm³/mol. The van der Waals surface area contributed by atoms with Crippen molar-refractivity contribution in [1.82, 2.24) is 4.90 Å². The lowest BCUT2D eigenvalue weighted by Crippen LogP contribution is -2.50. The van der Waals surface area contributed by atoms with Gasteiger partial charge in [0.05, 0.1) is 12.0 Å². The van der Waals surface area contributed by atoms with Gasteiger partial charge in [-0.3, -0.25) is 4.90 Å². The average Bonchev–Trinajstić information content (AvgIpc) is 2.58. The maximum absolute atomic E-state index is 9.30. The van der Waals surface area contributed by atoms with E-state index >= 15 is 0 Å². The highest BCUT2D eigenvalue weighted by molar-refractivity contribution is 5.02. The lowest BCUT2D eigenvalue weighted by Gasteiger charge is -2.44. The summed E-state index contributed by atoms with van der Waals surface area (Å²) in [6, 6.07) is 3.07. The number of rotatable bonds is 1. The first-order valence-electron chi connectivity index (χ1n) is 6.71. The third-order valence-corrected chi connectivity index (χ3v) is 4.61. The van der Waals surface area contributed by atoms with Crippen molar-refractivity contribution in [2.75, 3.05) is 6.54 Å². The van der Waals surface area contributed by atoms with Crippen molar-refractivity contribution in [1.29, 1.82) is 5.26 Å². The highest BCUT2D eigenvalue weighted by Gasteiger charge is 2.41. The largest absolute Gasteiger partial charge is 0.294 e. The van der Waals surface area contributed by atoms with Crippen LogP contribution in [0.4, 0.5) is 0 Å². The Kier molecular flexibility index (Phi) is 3.26. The molecular weight excluding hydrogens is 196 g/mol. The van der Waals surface area contributed by atoms with Crippen LogP contribution in [0, 0.1) is 23.2 Å². The molecule has 2 fully saturated rings. The summed E-state index contributed by atoms with van der Waals surface area (Å²) in [5, 5.41) is 9.30. The van der Waals surface area contributed by atoms with E-state index in [0.29, 0.717) is 11.6 Å². The summed E-state index contributed by atoms with van der Waals surface area (Å²) in [7, 11) is 0. The van der Waals surface area contributed by atoms with Crippen molar-refractivity contribution in [2.45, 2.75) is 64.5 Å². The Morgan fingerprint density at radius 2 is 2.06 bits per heavy atom. The standard InChI is InChI=1S/C14H24N2/c1-11-5-6-12(10-15)13(9-11)16-8-4-7-14(16,2)3/h11-13H,4-9H2,1-3H3. The molecule has 3 atom stereocenters. The van der Waals surface area contributed by atoms with Crippen molar-refractivity contribution in [2.24, 2.45) is 11.8 Å². The van der Waals surface area contributed by atoms with Gasteiger partial charge in [-0.05, 0) is 58.4 Å². The molecule has 90 valence electrons. The molecule has 0 aromatic rings. The summed E-state index contributed by atoms with van der Waals surface area (Å²) in [5.41, 5.74) is 0.316. The Hall–Kier alpha value is -0.550. The molecule has 1 aliphatic carbocycles. The zero-order valence-electron chi connectivity index (χ0n) is 10.9. The Labute approximate surface area is 99.6 Å². The minimum Gasteiger partial charge on any atom is -0.294 e. The summed E-state index contributed by atoms with van der Waals surface area (Å²) in [6.45, 7) is 8.22. The first kappa shape index (κ1) is 11.9. The van der Waals surface area contributed by atoms with Gasteiger partial charge in [0.2, 0.25) is 0 Å². The highest BCUT2D eigenvalue weighted by atomic mass is 15.2. The van der Waals surface area contributed by atoms with Gasteiger partial charge in [0, 0.05) is 11.6 Å². The number of nitrogens with zero attached hydrogens (tertiary/aromatic N) is 2.